The van der Waals surface area contributed by atoms with E-state index in [1.54, 1.807) is 0 Å². The van der Waals surface area contributed by atoms with Gasteiger partial charge in [-0.1, -0.05) is 0 Å². The normalized spacial score (nSPS) is 9.78. The molecule has 1 aromatic rings. The monoisotopic (exact) mass is 319 g/mol. The van der Waals surface area contributed by atoms with Gasteiger partial charge in [-0.2, -0.15) is 0 Å². The zero-order chi connectivity index (χ0) is 13.9. The second-order valence-corrected chi connectivity index (χ2v) is 3.86. The third kappa shape index (κ3) is 2.37. The molecule has 0 saturated heterocycles. The van der Waals surface area contributed by atoms with E-state index in [0.717, 1.165) is 7.11 Å². The molecule has 0 aliphatic heterocycles. The number of rotatable bonds is 4. The lowest BCUT2D eigenvalue weighted by molar-refractivity contribution is -0.386. The van der Waals surface area contributed by atoms with Gasteiger partial charge in [-0.15, -0.1) is 0 Å². The van der Waals surface area contributed by atoms with Crippen molar-refractivity contribution in [3.8, 4) is 11.5 Å². The predicted molar refractivity (Wildman–Crippen MR) is 65.2 cm³/mol. The highest BCUT2D eigenvalue weighted by Crippen LogP contribution is 2.44. The first-order valence-corrected chi connectivity index (χ1v) is 5.44. The summed E-state index contributed by atoms with van der Waals surface area (Å²) in [5, 5.41) is 11.0. The van der Waals surface area contributed by atoms with Crippen LogP contribution in [0.5, 0.6) is 11.5 Å². The number of methoxy groups -OCH3 is 3. The molecule has 8 heteroatoms. The van der Waals surface area contributed by atoms with Crippen LogP contribution in [0.15, 0.2) is 10.5 Å². The Morgan fingerprint density at radius 3 is 2.33 bits per heavy atom. The minimum atomic E-state index is -0.842. The second-order valence-electron chi connectivity index (χ2n) is 3.07. The van der Waals surface area contributed by atoms with Crippen LogP contribution < -0.4 is 9.47 Å². The quantitative estimate of drug-likeness (QED) is 0.480. The van der Waals surface area contributed by atoms with E-state index >= 15 is 0 Å². The standard InChI is InChI=1S/C10H10BrNO6/c1-16-6-4-5(10(13)18-3)8(12(14)15)9(17-2)7(6)11/h4H,1-3H3. The molecular weight excluding hydrogens is 310 g/mol. The first kappa shape index (κ1) is 14.2. The van der Waals surface area contributed by atoms with Gasteiger partial charge in [-0.25, -0.2) is 4.79 Å². The third-order valence-electron chi connectivity index (χ3n) is 2.17. The number of nitro groups is 1. The maximum Gasteiger partial charge on any atom is 0.345 e. The molecule has 98 valence electrons. The highest BCUT2D eigenvalue weighted by atomic mass is 79.9. The number of esters is 1. The van der Waals surface area contributed by atoms with Crippen LogP contribution in [-0.4, -0.2) is 32.2 Å². The zero-order valence-corrected chi connectivity index (χ0v) is 11.4. The summed E-state index contributed by atoms with van der Waals surface area (Å²) in [6.07, 6.45) is 0. The van der Waals surface area contributed by atoms with Gasteiger partial charge in [0.1, 0.15) is 15.8 Å². The Hall–Kier alpha value is -1.83. The third-order valence-corrected chi connectivity index (χ3v) is 2.92. The molecule has 0 atom stereocenters. The van der Waals surface area contributed by atoms with Crippen molar-refractivity contribution < 1.29 is 23.9 Å². The molecule has 0 aliphatic rings. The van der Waals surface area contributed by atoms with Crippen molar-refractivity contribution in [2.75, 3.05) is 21.3 Å². The van der Waals surface area contributed by atoms with Crippen LogP contribution in [0.4, 0.5) is 5.69 Å². The second kappa shape index (κ2) is 5.67. The first-order chi connectivity index (χ1) is 8.47. The Balaban J connectivity index is 3.67. The molecule has 0 aromatic heterocycles. The molecule has 1 rings (SSSR count). The van der Waals surface area contributed by atoms with Crippen LogP contribution in [0.25, 0.3) is 0 Å². The van der Waals surface area contributed by atoms with Crippen LogP contribution in [0.1, 0.15) is 10.4 Å². The van der Waals surface area contributed by atoms with E-state index in [1.165, 1.54) is 20.3 Å². The minimum absolute atomic E-state index is 0.0975. The van der Waals surface area contributed by atoms with Crippen molar-refractivity contribution in [1.82, 2.24) is 0 Å². The van der Waals surface area contributed by atoms with Crippen molar-refractivity contribution in [2.24, 2.45) is 0 Å². The fourth-order valence-corrected chi connectivity index (χ4v) is 2.01. The summed E-state index contributed by atoms with van der Waals surface area (Å²) in [6.45, 7) is 0. The topological polar surface area (TPSA) is 87.9 Å². The Bertz CT molecular complexity index is 502. The van der Waals surface area contributed by atoms with E-state index in [1.807, 2.05) is 0 Å². The van der Waals surface area contributed by atoms with E-state index < -0.39 is 16.6 Å². The molecule has 0 heterocycles. The molecule has 0 unspecified atom stereocenters. The van der Waals surface area contributed by atoms with Crippen LogP contribution >= 0.6 is 15.9 Å². The first-order valence-electron chi connectivity index (χ1n) is 4.65. The fraction of sp³-hybridized carbons (Fsp3) is 0.300. The molecule has 18 heavy (non-hydrogen) atoms. The van der Waals surface area contributed by atoms with Crippen LogP contribution in [0, 0.1) is 10.1 Å². The van der Waals surface area contributed by atoms with Gasteiger partial charge in [0.15, 0.2) is 0 Å². The SMILES string of the molecule is COC(=O)c1cc(OC)c(Br)c(OC)c1[N+](=O)[O-]. The van der Waals surface area contributed by atoms with Crippen molar-refractivity contribution in [3.63, 3.8) is 0 Å². The van der Waals surface area contributed by atoms with E-state index in [0.29, 0.717) is 0 Å². The maximum absolute atomic E-state index is 11.5. The maximum atomic E-state index is 11.5. The summed E-state index contributed by atoms with van der Waals surface area (Å²) in [7, 11) is 3.76. The number of nitrogens with zero attached hydrogens (tertiary/aromatic N) is 1. The smallest absolute Gasteiger partial charge is 0.345 e. The predicted octanol–water partition coefficient (Wildman–Crippen LogP) is 2.16. The van der Waals surface area contributed by atoms with Gasteiger partial charge in [-0.3, -0.25) is 10.1 Å². The minimum Gasteiger partial charge on any atom is -0.495 e. The van der Waals surface area contributed by atoms with Gasteiger partial charge in [0.25, 0.3) is 0 Å². The number of halogens is 1. The number of benzene rings is 1. The lowest BCUT2D eigenvalue weighted by atomic mass is 10.1. The molecule has 1 aromatic carbocycles. The summed E-state index contributed by atoms with van der Waals surface area (Å²) in [4.78, 5) is 21.9. The lowest BCUT2D eigenvalue weighted by Crippen LogP contribution is -2.08. The van der Waals surface area contributed by atoms with Gasteiger partial charge in [0, 0.05) is 6.07 Å². The average molecular weight is 320 g/mol. The number of carbonyl (C=O) groups is 1. The van der Waals surface area contributed by atoms with Crippen LogP contribution in [0.3, 0.4) is 0 Å². The Morgan fingerprint density at radius 1 is 1.33 bits per heavy atom. The van der Waals surface area contributed by atoms with Crippen LogP contribution in [-0.2, 0) is 4.74 Å². The zero-order valence-electron chi connectivity index (χ0n) is 9.85. The summed E-state index contributed by atoms with van der Waals surface area (Å²) in [6, 6.07) is 1.22. The van der Waals surface area contributed by atoms with Gasteiger partial charge in [0.2, 0.25) is 5.75 Å². The number of ether oxygens (including phenoxy) is 3. The lowest BCUT2D eigenvalue weighted by Gasteiger charge is -2.11. The van der Waals surface area contributed by atoms with Gasteiger partial charge < -0.3 is 14.2 Å². The summed E-state index contributed by atoms with van der Waals surface area (Å²) >= 11 is 3.12. The average Bonchev–Trinajstić information content (AvgIpc) is 2.36. The number of hydrogen-bond donors (Lipinski definition) is 0. The van der Waals surface area contributed by atoms with Crippen molar-refractivity contribution >= 4 is 27.6 Å². The van der Waals surface area contributed by atoms with Gasteiger partial charge in [0.05, 0.1) is 26.3 Å². The number of carbonyl (C=O) groups excluding carboxylic acids is 1. The summed E-state index contributed by atoms with van der Waals surface area (Å²) < 4.78 is 14.7. The molecule has 0 bridgehead atoms. The van der Waals surface area contributed by atoms with E-state index in [-0.39, 0.29) is 21.5 Å². The molecule has 7 nitrogen and oxygen atoms in total. The highest BCUT2D eigenvalue weighted by molar-refractivity contribution is 9.10. The molecule has 0 saturated carbocycles. The van der Waals surface area contributed by atoms with Crippen LogP contribution in [0.2, 0.25) is 0 Å². The molecular formula is C10H10BrNO6. The Morgan fingerprint density at radius 2 is 1.94 bits per heavy atom. The molecule has 0 aliphatic carbocycles. The summed E-state index contributed by atoms with van der Waals surface area (Å²) in [5.41, 5.74) is -0.712. The Kier molecular flexibility index (Phi) is 4.49. The molecule has 0 radical (unpaired) electrons. The molecule has 0 N–H and O–H groups in total. The van der Waals surface area contributed by atoms with Gasteiger partial charge in [-0.05, 0) is 15.9 Å². The molecule has 0 amide bonds. The van der Waals surface area contributed by atoms with E-state index in [9.17, 15) is 14.9 Å². The Labute approximate surface area is 111 Å². The molecule has 0 fully saturated rings. The molecule has 0 spiro atoms. The fourth-order valence-electron chi connectivity index (χ4n) is 1.38. The summed E-state index contributed by atoms with van der Waals surface area (Å²) in [5.74, 6) is -0.705. The number of nitro benzene ring substituents is 1. The van der Waals surface area contributed by atoms with E-state index in [2.05, 4.69) is 20.7 Å². The van der Waals surface area contributed by atoms with Gasteiger partial charge >= 0.3 is 11.7 Å². The van der Waals surface area contributed by atoms with Crippen molar-refractivity contribution in [1.29, 1.82) is 0 Å². The largest absolute Gasteiger partial charge is 0.495 e. The van der Waals surface area contributed by atoms with Crippen molar-refractivity contribution in [3.05, 3.63) is 26.2 Å². The number of hydrogen-bond acceptors (Lipinski definition) is 6. The highest BCUT2D eigenvalue weighted by Gasteiger charge is 2.31. The van der Waals surface area contributed by atoms with Crippen molar-refractivity contribution in [2.45, 2.75) is 0 Å². The van der Waals surface area contributed by atoms with E-state index in [4.69, 9.17) is 9.47 Å².